The largest absolute Gasteiger partial charge is 0.408 e. The van der Waals surface area contributed by atoms with Crippen molar-refractivity contribution in [3.63, 3.8) is 0 Å². The van der Waals surface area contributed by atoms with Crippen LogP contribution in [0.15, 0.2) is 104 Å². The third-order valence-corrected chi connectivity index (χ3v) is 12.9. The van der Waals surface area contributed by atoms with Gasteiger partial charge in [-0.05, 0) is 34.8 Å². The minimum atomic E-state index is -2.36. The standard InChI is InChI=1S/C36H48O6Si/c1-7-23-38-34-32(42-43(5,6)36(2,3)4)30(37)31(39-24-27-17-11-8-12-18-27)33(40-25-28-19-13-9-14-20-28)35(34)41-26-29-21-15-10-16-22-29/h7-22,30-35,37H,1,23-26H2,2-6H3/t30-,31+,32-,33-,34-,35+/m1/s1. The molecule has 43 heavy (non-hydrogen) atoms. The lowest BCUT2D eigenvalue weighted by atomic mass is 9.84. The van der Waals surface area contributed by atoms with E-state index in [1.165, 1.54) is 0 Å². The van der Waals surface area contributed by atoms with E-state index < -0.39 is 44.9 Å². The van der Waals surface area contributed by atoms with Gasteiger partial charge in [0.1, 0.15) is 36.6 Å². The summed E-state index contributed by atoms with van der Waals surface area (Å²) in [5.41, 5.74) is 3.05. The Morgan fingerprint density at radius 3 is 1.40 bits per heavy atom. The van der Waals surface area contributed by atoms with Crippen LogP contribution >= 0.6 is 0 Å². The first-order valence-corrected chi connectivity index (χ1v) is 18.1. The van der Waals surface area contributed by atoms with Crippen molar-refractivity contribution < 1.29 is 28.5 Å². The van der Waals surface area contributed by atoms with E-state index in [0.717, 1.165) is 16.7 Å². The summed E-state index contributed by atoms with van der Waals surface area (Å²) in [5, 5.41) is 12.0. The summed E-state index contributed by atoms with van der Waals surface area (Å²) in [6, 6.07) is 30.0. The molecular formula is C36H48O6Si. The van der Waals surface area contributed by atoms with Crippen LogP contribution in [0.5, 0.6) is 0 Å². The van der Waals surface area contributed by atoms with Gasteiger partial charge in [0.05, 0.1) is 26.4 Å². The second-order valence-electron chi connectivity index (χ2n) is 12.7. The Bertz CT molecular complexity index is 1230. The smallest absolute Gasteiger partial charge is 0.192 e. The van der Waals surface area contributed by atoms with Gasteiger partial charge in [-0.2, -0.15) is 0 Å². The van der Waals surface area contributed by atoms with Crippen molar-refractivity contribution in [1.82, 2.24) is 0 Å². The summed E-state index contributed by atoms with van der Waals surface area (Å²) in [5.74, 6) is 0. The number of aliphatic hydroxyl groups excluding tert-OH is 1. The third-order valence-electron chi connectivity index (χ3n) is 8.47. The van der Waals surface area contributed by atoms with Gasteiger partial charge in [-0.25, -0.2) is 0 Å². The maximum atomic E-state index is 12.1. The van der Waals surface area contributed by atoms with Crippen molar-refractivity contribution in [2.24, 2.45) is 0 Å². The molecule has 0 saturated heterocycles. The van der Waals surface area contributed by atoms with Crippen LogP contribution in [0.1, 0.15) is 37.5 Å². The van der Waals surface area contributed by atoms with Crippen molar-refractivity contribution in [1.29, 1.82) is 0 Å². The molecule has 0 radical (unpaired) electrons. The van der Waals surface area contributed by atoms with E-state index in [2.05, 4.69) is 40.4 Å². The Hall–Kier alpha value is -2.62. The van der Waals surface area contributed by atoms with Gasteiger partial charge < -0.3 is 28.5 Å². The van der Waals surface area contributed by atoms with Gasteiger partial charge in [0, 0.05) is 0 Å². The highest BCUT2D eigenvalue weighted by Gasteiger charge is 2.56. The van der Waals surface area contributed by atoms with Crippen LogP contribution in [-0.4, -0.2) is 56.7 Å². The first-order chi connectivity index (χ1) is 20.6. The normalized spacial score (nSPS) is 24.5. The molecule has 1 N–H and O–H groups in total. The number of aliphatic hydroxyl groups is 1. The Kier molecular flexibility index (Phi) is 11.9. The Morgan fingerprint density at radius 2 is 1.00 bits per heavy atom. The summed E-state index contributed by atoms with van der Waals surface area (Å²) in [4.78, 5) is 0. The molecule has 1 aliphatic carbocycles. The molecule has 0 unspecified atom stereocenters. The maximum absolute atomic E-state index is 12.1. The zero-order chi connectivity index (χ0) is 30.9. The summed E-state index contributed by atoms with van der Waals surface area (Å²) < 4.78 is 33.3. The lowest BCUT2D eigenvalue weighted by molar-refractivity contribution is -0.267. The fourth-order valence-corrected chi connectivity index (χ4v) is 6.34. The molecule has 7 heteroatoms. The minimum Gasteiger partial charge on any atom is -0.408 e. The molecule has 3 aromatic rings. The molecule has 1 fully saturated rings. The van der Waals surface area contributed by atoms with Crippen LogP contribution in [0.4, 0.5) is 0 Å². The topological polar surface area (TPSA) is 66.4 Å². The zero-order valence-electron chi connectivity index (χ0n) is 26.2. The van der Waals surface area contributed by atoms with E-state index in [9.17, 15) is 5.11 Å². The molecule has 1 saturated carbocycles. The van der Waals surface area contributed by atoms with Gasteiger partial charge in [-0.1, -0.05) is 118 Å². The Labute approximate surface area is 258 Å². The molecule has 6 atom stereocenters. The van der Waals surface area contributed by atoms with Gasteiger partial charge in [-0.3, -0.25) is 0 Å². The van der Waals surface area contributed by atoms with Gasteiger partial charge in [0.25, 0.3) is 0 Å². The van der Waals surface area contributed by atoms with E-state index in [-0.39, 0.29) is 11.6 Å². The summed E-state index contributed by atoms with van der Waals surface area (Å²) in [6.45, 7) is 16.1. The zero-order valence-corrected chi connectivity index (χ0v) is 27.2. The molecule has 0 bridgehead atoms. The van der Waals surface area contributed by atoms with E-state index in [1.807, 2.05) is 91.0 Å². The molecule has 6 nitrogen and oxygen atoms in total. The van der Waals surface area contributed by atoms with E-state index in [0.29, 0.717) is 19.8 Å². The molecule has 0 aliphatic heterocycles. The predicted octanol–water partition coefficient (Wildman–Crippen LogP) is 7.08. The van der Waals surface area contributed by atoms with Crippen LogP contribution in [0.2, 0.25) is 18.1 Å². The van der Waals surface area contributed by atoms with Crippen LogP contribution in [0.3, 0.4) is 0 Å². The molecule has 4 rings (SSSR count). The number of benzene rings is 3. The molecule has 232 valence electrons. The van der Waals surface area contributed by atoms with E-state index in [1.54, 1.807) is 6.08 Å². The van der Waals surface area contributed by atoms with Gasteiger partial charge in [0.15, 0.2) is 8.32 Å². The molecule has 0 amide bonds. The first-order valence-electron chi connectivity index (χ1n) is 15.2. The highest BCUT2D eigenvalue weighted by atomic mass is 28.4. The van der Waals surface area contributed by atoms with Crippen LogP contribution in [0, 0.1) is 0 Å². The number of ether oxygens (including phenoxy) is 4. The van der Waals surface area contributed by atoms with Crippen molar-refractivity contribution in [2.45, 2.75) is 95.3 Å². The molecule has 0 aromatic heterocycles. The highest BCUT2D eigenvalue weighted by Crippen LogP contribution is 2.41. The number of hydrogen-bond donors (Lipinski definition) is 1. The molecule has 1 aliphatic rings. The van der Waals surface area contributed by atoms with Crippen molar-refractivity contribution in [3.8, 4) is 0 Å². The second-order valence-corrected chi connectivity index (χ2v) is 17.5. The van der Waals surface area contributed by atoms with Crippen molar-refractivity contribution in [2.75, 3.05) is 6.61 Å². The minimum absolute atomic E-state index is 0.0862. The first kappa shape index (κ1) is 33.3. The van der Waals surface area contributed by atoms with E-state index >= 15 is 0 Å². The highest BCUT2D eigenvalue weighted by molar-refractivity contribution is 6.74. The molecule has 0 spiro atoms. The lowest BCUT2D eigenvalue weighted by Gasteiger charge is -2.51. The number of hydrogen-bond acceptors (Lipinski definition) is 6. The quantitative estimate of drug-likeness (QED) is 0.157. The monoisotopic (exact) mass is 604 g/mol. The Balaban J connectivity index is 1.73. The molecule has 0 heterocycles. The van der Waals surface area contributed by atoms with Crippen LogP contribution in [0.25, 0.3) is 0 Å². The van der Waals surface area contributed by atoms with Crippen LogP contribution < -0.4 is 0 Å². The van der Waals surface area contributed by atoms with Gasteiger partial charge in [0.2, 0.25) is 0 Å². The maximum Gasteiger partial charge on any atom is 0.192 e. The average molecular weight is 605 g/mol. The molecular weight excluding hydrogens is 556 g/mol. The third kappa shape index (κ3) is 8.96. The van der Waals surface area contributed by atoms with Crippen molar-refractivity contribution >= 4 is 8.32 Å². The summed E-state index contributed by atoms with van der Waals surface area (Å²) in [6.07, 6.45) is -2.60. The fraction of sp³-hybridized carbons (Fsp3) is 0.444. The lowest BCUT2D eigenvalue weighted by Crippen LogP contribution is -2.68. The Morgan fingerprint density at radius 1 is 0.628 bits per heavy atom. The fourth-order valence-electron chi connectivity index (χ4n) is 5.03. The van der Waals surface area contributed by atoms with E-state index in [4.69, 9.17) is 23.4 Å². The summed E-state index contributed by atoms with van der Waals surface area (Å²) in [7, 11) is -2.36. The van der Waals surface area contributed by atoms with Gasteiger partial charge in [-0.15, -0.1) is 6.58 Å². The average Bonchev–Trinajstić information content (AvgIpc) is 3.00. The van der Waals surface area contributed by atoms with Gasteiger partial charge >= 0.3 is 0 Å². The van der Waals surface area contributed by atoms with Crippen molar-refractivity contribution in [3.05, 3.63) is 120 Å². The summed E-state index contributed by atoms with van der Waals surface area (Å²) >= 11 is 0. The second kappa shape index (κ2) is 15.4. The molecule has 3 aromatic carbocycles. The SMILES string of the molecule is C=CCO[C@H]1[C@@H](OCc2ccccc2)[C@H](OCc2ccccc2)[C@@H](OCc2ccccc2)[C@@H](O)[C@H]1O[Si](C)(C)C(C)(C)C. The predicted molar refractivity (Wildman–Crippen MR) is 173 cm³/mol. The number of rotatable bonds is 14. The van der Waals surface area contributed by atoms with Crippen LogP contribution in [-0.2, 0) is 43.2 Å².